The molecule has 0 unspecified atom stereocenters. The third-order valence-electron chi connectivity index (χ3n) is 3.45. The fraction of sp³-hybridized carbons (Fsp3) is 0.111. The molecule has 1 aromatic heterocycles. The number of nitrogens with zero attached hydrogens (tertiary/aromatic N) is 1. The number of hydrogen-bond acceptors (Lipinski definition) is 5. The molecule has 0 fully saturated rings. The first-order chi connectivity index (χ1) is 12.4. The number of oxazole rings is 1. The predicted molar refractivity (Wildman–Crippen MR) is 86.4 cm³/mol. The average Bonchev–Trinajstić information content (AvgIpc) is 3.02. The van der Waals surface area contributed by atoms with Crippen LogP contribution in [-0.2, 0) is 17.8 Å². The number of benzene rings is 2. The molecule has 0 saturated carbocycles. The number of carbonyl (C=O) groups excluding carboxylic acids is 1. The fourth-order valence-corrected chi connectivity index (χ4v) is 2.42. The van der Waals surface area contributed by atoms with Gasteiger partial charge >= 0.3 is 0 Å². The lowest BCUT2D eigenvalue weighted by molar-refractivity contribution is -0.304. The van der Waals surface area contributed by atoms with E-state index in [-0.39, 0.29) is 23.8 Å². The summed E-state index contributed by atoms with van der Waals surface area (Å²) in [6.45, 7) is -0.159. The molecule has 3 rings (SSSR count). The second kappa shape index (κ2) is 7.53. The number of aliphatic carboxylic acids is 1. The van der Waals surface area contributed by atoms with E-state index >= 15 is 0 Å². The van der Waals surface area contributed by atoms with Gasteiger partial charge in [0.05, 0.1) is 11.3 Å². The molecule has 0 N–H and O–H groups in total. The van der Waals surface area contributed by atoms with Crippen molar-refractivity contribution in [3.05, 3.63) is 70.6 Å². The summed E-state index contributed by atoms with van der Waals surface area (Å²) in [5.41, 5.74) is 0.706. The van der Waals surface area contributed by atoms with Gasteiger partial charge in [-0.3, -0.25) is 0 Å². The first kappa shape index (κ1) is 17.9. The van der Waals surface area contributed by atoms with Crippen LogP contribution in [0.15, 0.2) is 47.1 Å². The van der Waals surface area contributed by atoms with Crippen LogP contribution in [0.5, 0.6) is 5.75 Å². The Balaban J connectivity index is 1.86. The van der Waals surface area contributed by atoms with Crippen LogP contribution < -0.4 is 9.84 Å². The van der Waals surface area contributed by atoms with E-state index in [4.69, 9.17) is 20.8 Å². The van der Waals surface area contributed by atoms with Gasteiger partial charge in [-0.25, -0.2) is 13.8 Å². The van der Waals surface area contributed by atoms with Crippen LogP contribution in [0, 0.1) is 11.6 Å². The highest BCUT2D eigenvalue weighted by molar-refractivity contribution is 6.30. The van der Waals surface area contributed by atoms with Crippen molar-refractivity contribution in [1.29, 1.82) is 0 Å². The van der Waals surface area contributed by atoms with Gasteiger partial charge in [0.2, 0.25) is 5.89 Å². The zero-order valence-corrected chi connectivity index (χ0v) is 13.9. The van der Waals surface area contributed by atoms with E-state index in [2.05, 4.69) is 4.98 Å². The third kappa shape index (κ3) is 4.18. The van der Waals surface area contributed by atoms with E-state index in [0.29, 0.717) is 16.3 Å². The zero-order valence-electron chi connectivity index (χ0n) is 13.2. The Morgan fingerprint density at radius 2 is 2.04 bits per heavy atom. The molecule has 0 bridgehead atoms. The van der Waals surface area contributed by atoms with Gasteiger partial charge in [0.25, 0.3) is 0 Å². The number of carboxylic acids is 1. The summed E-state index contributed by atoms with van der Waals surface area (Å²) in [5.74, 6) is -2.32. The number of rotatable bonds is 6. The minimum atomic E-state index is -1.29. The minimum absolute atomic E-state index is 0.0957. The van der Waals surface area contributed by atoms with Crippen molar-refractivity contribution in [3.63, 3.8) is 0 Å². The molecule has 26 heavy (non-hydrogen) atoms. The monoisotopic (exact) mass is 378 g/mol. The predicted octanol–water partition coefficient (Wildman–Crippen LogP) is 3.14. The molecule has 134 valence electrons. The lowest BCUT2D eigenvalue weighted by Gasteiger charge is -2.11. The molecule has 1 heterocycles. The van der Waals surface area contributed by atoms with Crippen molar-refractivity contribution in [3.8, 4) is 17.2 Å². The Bertz CT molecular complexity index is 958. The Labute approximate surface area is 151 Å². The van der Waals surface area contributed by atoms with Crippen LogP contribution in [0.3, 0.4) is 0 Å². The van der Waals surface area contributed by atoms with E-state index < -0.39 is 24.0 Å². The molecule has 0 aliphatic heterocycles. The van der Waals surface area contributed by atoms with E-state index in [1.54, 1.807) is 12.1 Å². The molecular weight excluding hydrogens is 368 g/mol. The molecular formula is C18H11ClF2NO4-. The van der Waals surface area contributed by atoms with Crippen molar-refractivity contribution in [2.75, 3.05) is 0 Å². The fourth-order valence-electron chi connectivity index (χ4n) is 2.25. The van der Waals surface area contributed by atoms with Gasteiger partial charge in [-0.15, -0.1) is 0 Å². The number of ether oxygens (including phenoxy) is 1. The second-order valence-electron chi connectivity index (χ2n) is 5.36. The van der Waals surface area contributed by atoms with Crippen LogP contribution in [0.2, 0.25) is 5.02 Å². The van der Waals surface area contributed by atoms with E-state index in [0.717, 1.165) is 12.1 Å². The van der Waals surface area contributed by atoms with Crippen molar-refractivity contribution >= 4 is 17.6 Å². The lowest BCUT2D eigenvalue weighted by Crippen LogP contribution is -2.24. The van der Waals surface area contributed by atoms with E-state index in [1.807, 2.05) is 0 Å². The molecule has 0 amide bonds. The van der Waals surface area contributed by atoms with E-state index in [9.17, 15) is 18.7 Å². The van der Waals surface area contributed by atoms with Crippen molar-refractivity contribution in [2.24, 2.45) is 0 Å². The van der Waals surface area contributed by atoms with Crippen LogP contribution in [-0.4, -0.2) is 11.0 Å². The Morgan fingerprint density at radius 3 is 2.77 bits per heavy atom. The van der Waals surface area contributed by atoms with Gasteiger partial charge in [0.1, 0.15) is 30.3 Å². The van der Waals surface area contributed by atoms with E-state index in [1.165, 1.54) is 18.4 Å². The van der Waals surface area contributed by atoms with Crippen molar-refractivity contribution in [2.45, 2.75) is 13.0 Å². The largest absolute Gasteiger partial charge is 0.550 e. The molecule has 0 atom stereocenters. The Hall–Kier alpha value is -2.93. The number of carboxylic acid groups (broad SMARTS) is 1. The molecule has 0 aliphatic carbocycles. The maximum absolute atomic E-state index is 13.7. The maximum Gasteiger partial charge on any atom is 0.229 e. The molecule has 5 nitrogen and oxygen atoms in total. The van der Waals surface area contributed by atoms with Gasteiger partial charge < -0.3 is 19.1 Å². The van der Waals surface area contributed by atoms with Crippen LogP contribution in [0.4, 0.5) is 8.78 Å². The summed E-state index contributed by atoms with van der Waals surface area (Å²) in [6.07, 6.45) is 0.788. The standard InChI is InChI=1S/C18H12ClF2NO4/c19-11-2-4-16(25-8-10-1-3-12(20)6-15(10)21)14(5-11)18-22-13(9-26-18)7-17(23)24/h1-6,9H,7-8H2,(H,23,24)/p-1. The topological polar surface area (TPSA) is 75.4 Å². The third-order valence-corrected chi connectivity index (χ3v) is 3.68. The SMILES string of the molecule is O=C([O-])Cc1coc(-c2cc(Cl)ccc2OCc2ccc(F)cc2F)n1. The first-order valence-corrected chi connectivity index (χ1v) is 7.81. The summed E-state index contributed by atoms with van der Waals surface area (Å²) >= 11 is 5.99. The van der Waals surface area contributed by atoms with Crippen LogP contribution in [0.25, 0.3) is 11.5 Å². The highest BCUT2D eigenvalue weighted by atomic mass is 35.5. The molecule has 0 saturated heterocycles. The average molecular weight is 379 g/mol. The number of aromatic nitrogens is 1. The lowest BCUT2D eigenvalue weighted by atomic mass is 10.2. The summed E-state index contributed by atoms with van der Waals surface area (Å²) in [4.78, 5) is 14.7. The Kier molecular flexibility index (Phi) is 5.18. The summed E-state index contributed by atoms with van der Waals surface area (Å²) < 4.78 is 37.6. The summed E-state index contributed by atoms with van der Waals surface area (Å²) in [5, 5.41) is 11.0. The molecule has 0 spiro atoms. The number of halogens is 3. The Morgan fingerprint density at radius 1 is 1.23 bits per heavy atom. The number of carbonyl (C=O) groups is 1. The highest BCUT2D eigenvalue weighted by Crippen LogP contribution is 2.33. The molecule has 0 radical (unpaired) electrons. The minimum Gasteiger partial charge on any atom is -0.550 e. The highest BCUT2D eigenvalue weighted by Gasteiger charge is 2.15. The smallest absolute Gasteiger partial charge is 0.229 e. The zero-order chi connectivity index (χ0) is 18.7. The second-order valence-corrected chi connectivity index (χ2v) is 5.79. The normalized spacial score (nSPS) is 10.7. The molecule has 2 aromatic carbocycles. The summed E-state index contributed by atoms with van der Waals surface area (Å²) in [6, 6.07) is 7.80. The molecule has 8 heteroatoms. The maximum atomic E-state index is 13.7. The van der Waals surface area contributed by atoms with Crippen LogP contribution in [0.1, 0.15) is 11.3 Å². The molecule has 0 aliphatic rings. The number of hydrogen-bond donors (Lipinski definition) is 0. The van der Waals surface area contributed by atoms with Crippen molar-refractivity contribution < 1.29 is 27.8 Å². The first-order valence-electron chi connectivity index (χ1n) is 7.43. The van der Waals surface area contributed by atoms with Gasteiger partial charge in [0.15, 0.2) is 0 Å². The quantitative estimate of drug-likeness (QED) is 0.658. The van der Waals surface area contributed by atoms with Crippen molar-refractivity contribution in [1.82, 2.24) is 4.98 Å². The van der Waals surface area contributed by atoms with Gasteiger partial charge in [-0.2, -0.15) is 0 Å². The summed E-state index contributed by atoms with van der Waals surface area (Å²) in [7, 11) is 0. The van der Waals surface area contributed by atoms with Crippen LogP contribution >= 0.6 is 11.6 Å². The van der Waals surface area contributed by atoms with Gasteiger partial charge in [-0.05, 0) is 30.3 Å². The van der Waals surface area contributed by atoms with Gasteiger partial charge in [0, 0.05) is 29.0 Å². The van der Waals surface area contributed by atoms with Gasteiger partial charge in [-0.1, -0.05) is 11.6 Å². The molecule has 3 aromatic rings.